The van der Waals surface area contributed by atoms with Crippen LogP contribution in [0.3, 0.4) is 0 Å². The summed E-state index contributed by atoms with van der Waals surface area (Å²) < 4.78 is 49.7. The second-order valence-corrected chi connectivity index (χ2v) is 3.25. The number of nitrogens with one attached hydrogen (secondary N) is 1. The number of benzene rings is 1. The summed E-state index contributed by atoms with van der Waals surface area (Å²) in [6, 6.07) is 2.76. The molecule has 1 atom stereocenters. The molecule has 0 aliphatic rings. The van der Waals surface area contributed by atoms with E-state index >= 15 is 0 Å². The van der Waals surface area contributed by atoms with Gasteiger partial charge in [0.1, 0.15) is 5.82 Å². The molecule has 0 heterocycles. The van der Waals surface area contributed by atoms with Gasteiger partial charge in [-0.1, -0.05) is 6.07 Å². The van der Waals surface area contributed by atoms with Crippen molar-refractivity contribution in [1.82, 2.24) is 5.32 Å². The summed E-state index contributed by atoms with van der Waals surface area (Å²) >= 11 is 0. The largest absolute Gasteiger partial charge is 0.419 e. The topological polar surface area (TPSA) is 12.0 Å². The van der Waals surface area contributed by atoms with Gasteiger partial charge in [-0.3, -0.25) is 0 Å². The fraction of sp³-hybridized carbons (Fsp3) is 0.400. The minimum Gasteiger partial charge on any atom is -0.313 e. The highest BCUT2D eigenvalue weighted by Gasteiger charge is 2.33. The van der Waals surface area contributed by atoms with Crippen LogP contribution in [0.25, 0.3) is 0 Å². The van der Waals surface area contributed by atoms with E-state index in [0.717, 1.165) is 12.1 Å². The van der Waals surface area contributed by atoms with Crippen molar-refractivity contribution in [2.75, 3.05) is 7.05 Å². The van der Waals surface area contributed by atoms with Crippen molar-refractivity contribution >= 4 is 0 Å². The molecule has 1 rings (SSSR count). The summed E-state index contributed by atoms with van der Waals surface area (Å²) in [4.78, 5) is 0. The molecule has 0 bridgehead atoms. The first-order valence-corrected chi connectivity index (χ1v) is 4.40. The summed E-state index contributed by atoms with van der Waals surface area (Å²) in [5.74, 6) is -1.23. The number of alkyl halides is 3. The maximum atomic E-state index is 13.1. The summed E-state index contributed by atoms with van der Waals surface area (Å²) in [7, 11) is 1.65. The van der Waals surface area contributed by atoms with Gasteiger partial charge in [0, 0.05) is 6.04 Å². The summed E-state index contributed by atoms with van der Waals surface area (Å²) in [5.41, 5.74) is -0.738. The number of halogens is 4. The van der Waals surface area contributed by atoms with Gasteiger partial charge in [-0.15, -0.1) is 0 Å². The zero-order valence-electron chi connectivity index (χ0n) is 8.32. The fourth-order valence-corrected chi connectivity index (χ4v) is 1.20. The molecule has 0 saturated carbocycles. The Hall–Kier alpha value is -1.10. The Bertz CT molecular complexity index is 346. The Morgan fingerprint density at radius 2 is 1.87 bits per heavy atom. The highest BCUT2D eigenvalue weighted by atomic mass is 19.4. The lowest BCUT2D eigenvalue weighted by Crippen LogP contribution is -2.14. The van der Waals surface area contributed by atoms with E-state index in [4.69, 9.17) is 0 Å². The van der Waals surface area contributed by atoms with Crippen molar-refractivity contribution in [3.05, 3.63) is 35.1 Å². The quantitative estimate of drug-likeness (QED) is 0.756. The monoisotopic (exact) mass is 221 g/mol. The van der Waals surface area contributed by atoms with Crippen LogP contribution in [-0.2, 0) is 6.18 Å². The Kier molecular flexibility index (Phi) is 3.34. The van der Waals surface area contributed by atoms with E-state index in [1.165, 1.54) is 6.07 Å². The van der Waals surface area contributed by atoms with E-state index in [0.29, 0.717) is 5.56 Å². The standard InChI is InChI=1S/C10H11F4N/c1-6(15-2)7-3-4-8(9(11)5-7)10(12,13)14/h3-6,15H,1-2H3. The maximum absolute atomic E-state index is 13.1. The normalized spacial score (nSPS) is 14.0. The SMILES string of the molecule is CNC(C)c1ccc(C(F)(F)F)c(F)c1. The second-order valence-electron chi connectivity index (χ2n) is 3.25. The number of hydrogen-bond acceptors (Lipinski definition) is 1. The van der Waals surface area contributed by atoms with Gasteiger partial charge in [0.25, 0.3) is 0 Å². The van der Waals surface area contributed by atoms with Gasteiger partial charge in [0.15, 0.2) is 0 Å². The third-order valence-electron chi connectivity index (χ3n) is 2.23. The lowest BCUT2D eigenvalue weighted by atomic mass is 10.1. The molecule has 0 fully saturated rings. The van der Waals surface area contributed by atoms with Crippen LogP contribution in [0.4, 0.5) is 17.6 Å². The summed E-state index contributed by atoms with van der Waals surface area (Å²) in [5, 5.41) is 2.82. The molecule has 15 heavy (non-hydrogen) atoms. The first-order valence-electron chi connectivity index (χ1n) is 4.40. The van der Waals surface area contributed by atoms with Gasteiger partial charge in [-0.05, 0) is 31.7 Å². The average Bonchev–Trinajstić information content (AvgIpc) is 2.14. The van der Waals surface area contributed by atoms with Crippen LogP contribution in [0.15, 0.2) is 18.2 Å². The zero-order chi connectivity index (χ0) is 11.6. The maximum Gasteiger partial charge on any atom is 0.419 e. The van der Waals surface area contributed by atoms with E-state index in [-0.39, 0.29) is 6.04 Å². The molecular weight excluding hydrogens is 210 g/mol. The number of rotatable bonds is 2. The molecule has 1 aromatic carbocycles. The van der Waals surface area contributed by atoms with Gasteiger partial charge >= 0.3 is 6.18 Å². The third kappa shape index (κ3) is 2.68. The molecule has 0 spiro atoms. The fourth-order valence-electron chi connectivity index (χ4n) is 1.20. The predicted octanol–water partition coefficient (Wildman–Crippen LogP) is 3.12. The zero-order valence-corrected chi connectivity index (χ0v) is 8.32. The van der Waals surface area contributed by atoms with Crippen LogP contribution in [0, 0.1) is 5.82 Å². The molecule has 0 aromatic heterocycles. The molecule has 1 nitrogen and oxygen atoms in total. The van der Waals surface area contributed by atoms with E-state index in [1.54, 1.807) is 14.0 Å². The molecular formula is C10H11F4N. The lowest BCUT2D eigenvalue weighted by Gasteiger charge is -2.13. The Labute approximate surface area is 85.1 Å². The Morgan fingerprint density at radius 1 is 1.27 bits per heavy atom. The average molecular weight is 221 g/mol. The van der Waals surface area contributed by atoms with Crippen LogP contribution >= 0.6 is 0 Å². The van der Waals surface area contributed by atoms with Crippen molar-refractivity contribution < 1.29 is 17.6 Å². The van der Waals surface area contributed by atoms with Crippen molar-refractivity contribution in [3.63, 3.8) is 0 Å². The Balaban J connectivity index is 3.09. The molecule has 0 aliphatic heterocycles. The van der Waals surface area contributed by atoms with E-state index in [2.05, 4.69) is 5.32 Å². The lowest BCUT2D eigenvalue weighted by molar-refractivity contribution is -0.140. The minimum absolute atomic E-state index is 0.179. The number of hydrogen-bond donors (Lipinski definition) is 1. The molecule has 0 aliphatic carbocycles. The van der Waals surface area contributed by atoms with Crippen LogP contribution < -0.4 is 5.32 Å². The third-order valence-corrected chi connectivity index (χ3v) is 2.23. The highest BCUT2D eigenvalue weighted by molar-refractivity contribution is 5.28. The first kappa shape index (κ1) is 12.0. The van der Waals surface area contributed by atoms with Gasteiger partial charge in [-0.25, -0.2) is 4.39 Å². The van der Waals surface area contributed by atoms with Crippen molar-refractivity contribution in [2.45, 2.75) is 19.1 Å². The highest BCUT2D eigenvalue weighted by Crippen LogP contribution is 2.32. The molecule has 0 radical (unpaired) electrons. The van der Waals surface area contributed by atoms with Gasteiger partial charge in [0.05, 0.1) is 5.56 Å². The van der Waals surface area contributed by atoms with E-state index in [9.17, 15) is 17.6 Å². The molecule has 5 heteroatoms. The van der Waals surface area contributed by atoms with E-state index < -0.39 is 17.6 Å². The van der Waals surface area contributed by atoms with Crippen LogP contribution in [-0.4, -0.2) is 7.05 Å². The second kappa shape index (κ2) is 4.18. The molecule has 1 aromatic rings. The molecule has 1 N–H and O–H groups in total. The minimum atomic E-state index is -4.63. The van der Waals surface area contributed by atoms with Gasteiger partial charge in [-0.2, -0.15) is 13.2 Å². The van der Waals surface area contributed by atoms with Gasteiger partial charge in [0.2, 0.25) is 0 Å². The first-order chi connectivity index (χ1) is 6.86. The predicted molar refractivity (Wildman–Crippen MR) is 48.9 cm³/mol. The van der Waals surface area contributed by atoms with Crippen molar-refractivity contribution in [2.24, 2.45) is 0 Å². The van der Waals surface area contributed by atoms with Crippen LogP contribution in [0.2, 0.25) is 0 Å². The van der Waals surface area contributed by atoms with Crippen LogP contribution in [0.1, 0.15) is 24.1 Å². The van der Waals surface area contributed by atoms with Crippen molar-refractivity contribution in [1.29, 1.82) is 0 Å². The molecule has 84 valence electrons. The van der Waals surface area contributed by atoms with Crippen molar-refractivity contribution in [3.8, 4) is 0 Å². The summed E-state index contributed by atoms with van der Waals surface area (Å²) in [6.45, 7) is 1.74. The molecule has 0 amide bonds. The van der Waals surface area contributed by atoms with E-state index in [1.807, 2.05) is 0 Å². The molecule has 1 unspecified atom stereocenters. The van der Waals surface area contributed by atoms with Crippen LogP contribution in [0.5, 0.6) is 0 Å². The van der Waals surface area contributed by atoms with Gasteiger partial charge < -0.3 is 5.32 Å². The Morgan fingerprint density at radius 3 is 2.27 bits per heavy atom. The molecule has 0 saturated heterocycles. The summed E-state index contributed by atoms with van der Waals surface area (Å²) in [6.07, 6.45) is -4.63. The smallest absolute Gasteiger partial charge is 0.313 e.